The van der Waals surface area contributed by atoms with Crippen LogP contribution in [0.3, 0.4) is 0 Å². The van der Waals surface area contributed by atoms with E-state index in [9.17, 15) is 17.6 Å². The molecule has 25 heavy (non-hydrogen) atoms. The second-order valence-electron chi connectivity index (χ2n) is 5.33. The second-order valence-corrected chi connectivity index (χ2v) is 7.53. The first-order valence-corrected chi connectivity index (χ1v) is 9.49. The SMILES string of the molecule is O=C(CCNS(=O)(=O)c1cccc(Cl)c1)NCCc1ccc(F)cc1. The summed E-state index contributed by atoms with van der Waals surface area (Å²) in [5.74, 6) is -0.573. The molecule has 8 heteroatoms. The molecule has 5 nitrogen and oxygen atoms in total. The number of halogens is 2. The number of rotatable bonds is 8. The van der Waals surface area contributed by atoms with E-state index in [1.54, 1.807) is 24.3 Å². The van der Waals surface area contributed by atoms with Crippen LogP contribution >= 0.6 is 11.6 Å². The smallest absolute Gasteiger partial charge is 0.240 e. The van der Waals surface area contributed by atoms with Gasteiger partial charge in [-0.2, -0.15) is 0 Å². The minimum atomic E-state index is -3.70. The van der Waals surface area contributed by atoms with E-state index in [1.165, 1.54) is 24.3 Å². The zero-order chi connectivity index (χ0) is 18.3. The maximum Gasteiger partial charge on any atom is 0.240 e. The Bertz CT molecular complexity index is 826. The van der Waals surface area contributed by atoms with Crippen molar-refractivity contribution in [2.75, 3.05) is 13.1 Å². The van der Waals surface area contributed by atoms with E-state index >= 15 is 0 Å². The lowest BCUT2D eigenvalue weighted by Crippen LogP contribution is -2.31. The second kappa shape index (κ2) is 8.94. The fourth-order valence-electron chi connectivity index (χ4n) is 2.10. The molecule has 2 rings (SSSR count). The molecule has 0 fully saturated rings. The van der Waals surface area contributed by atoms with E-state index in [-0.39, 0.29) is 29.6 Å². The highest BCUT2D eigenvalue weighted by Crippen LogP contribution is 2.15. The maximum atomic E-state index is 12.8. The van der Waals surface area contributed by atoms with Gasteiger partial charge in [0.1, 0.15) is 5.82 Å². The van der Waals surface area contributed by atoms with Crippen molar-refractivity contribution in [3.8, 4) is 0 Å². The molecule has 0 spiro atoms. The van der Waals surface area contributed by atoms with Gasteiger partial charge in [-0.15, -0.1) is 0 Å². The van der Waals surface area contributed by atoms with Crippen LogP contribution in [0.4, 0.5) is 4.39 Å². The monoisotopic (exact) mass is 384 g/mol. The number of hydrogen-bond donors (Lipinski definition) is 2. The standard InChI is InChI=1S/C17H18ClFN2O3S/c18-14-2-1-3-16(12-14)25(23,24)21-11-9-17(22)20-10-8-13-4-6-15(19)7-5-13/h1-7,12,21H,8-11H2,(H,20,22). The third kappa shape index (κ3) is 6.45. The lowest BCUT2D eigenvalue weighted by molar-refractivity contribution is -0.120. The summed E-state index contributed by atoms with van der Waals surface area (Å²) in [5.41, 5.74) is 0.906. The number of carbonyl (C=O) groups excluding carboxylic acids is 1. The zero-order valence-electron chi connectivity index (χ0n) is 13.3. The summed E-state index contributed by atoms with van der Waals surface area (Å²) < 4.78 is 39.3. The van der Waals surface area contributed by atoms with Crippen molar-refractivity contribution < 1.29 is 17.6 Å². The van der Waals surface area contributed by atoms with E-state index in [1.807, 2.05) is 0 Å². The highest BCUT2D eigenvalue weighted by Gasteiger charge is 2.14. The first kappa shape index (κ1) is 19.4. The summed E-state index contributed by atoms with van der Waals surface area (Å²) in [7, 11) is -3.70. The predicted octanol–water partition coefficient (Wildman–Crippen LogP) is 2.51. The van der Waals surface area contributed by atoms with Gasteiger partial charge >= 0.3 is 0 Å². The van der Waals surface area contributed by atoms with Gasteiger partial charge in [-0.1, -0.05) is 29.8 Å². The molecule has 2 aromatic rings. The van der Waals surface area contributed by atoms with Gasteiger partial charge in [0, 0.05) is 24.5 Å². The minimum Gasteiger partial charge on any atom is -0.356 e. The van der Waals surface area contributed by atoms with Crippen LogP contribution in [0.15, 0.2) is 53.4 Å². The Morgan fingerprint density at radius 3 is 2.48 bits per heavy atom. The molecule has 0 unspecified atom stereocenters. The largest absolute Gasteiger partial charge is 0.356 e. The quantitative estimate of drug-likeness (QED) is 0.734. The molecule has 0 saturated heterocycles. The normalized spacial score (nSPS) is 11.3. The highest BCUT2D eigenvalue weighted by atomic mass is 35.5. The molecule has 2 N–H and O–H groups in total. The van der Waals surface area contributed by atoms with Gasteiger partial charge in [-0.05, 0) is 42.3 Å². The fourth-order valence-corrected chi connectivity index (χ4v) is 3.43. The molecule has 0 bridgehead atoms. The summed E-state index contributed by atoms with van der Waals surface area (Å²) in [6.45, 7) is 0.378. The van der Waals surface area contributed by atoms with Crippen molar-refractivity contribution in [2.24, 2.45) is 0 Å². The Hall–Kier alpha value is -1.96. The van der Waals surface area contributed by atoms with Crippen molar-refractivity contribution >= 4 is 27.5 Å². The molecule has 0 saturated carbocycles. The molecule has 0 aliphatic rings. The first-order chi connectivity index (χ1) is 11.9. The Labute approximate surface area is 151 Å². The molecule has 0 heterocycles. The van der Waals surface area contributed by atoms with Crippen LogP contribution in [0.2, 0.25) is 5.02 Å². The lowest BCUT2D eigenvalue weighted by atomic mass is 10.1. The van der Waals surface area contributed by atoms with E-state index < -0.39 is 10.0 Å². The highest BCUT2D eigenvalue weighted by molar-refractivity contribution is 7.89. The Kier molecular flexibility index (Phi) is 6.92. The zero-order valence-corrected chi connectivity index (χ0v) is 14.9. The van der Waals surface area contributed by atoms with Crippen molar-refractivity contribution in [1.29, 1.82) is 0 Å². The van der Waals surface area contributed by atoms with Gasteiger partial charge in [-0.3, -0.25) is 4.79 Å². The van der Waals surface area contributed by atoms with Crippen molar-refractivity contribution in [3.63, 3.8) is 0 Å². The summed E-state index contributed by atoms with van der Waals surface area (Å²) >= 11 is 5.77. The topological polar surface area (TPSA) is 75.3 Å². The number of hydrogen-bond acceptors (Lipinski definition) is 3. The van der Waals surface area contributed by atoms with Gasteiger partial charge in [0.05, 0.1) is 4.90 Å². The Morgan fingerprint density at radius 1 is 1.08 bits per heavy atom. The first-order valence-electron chi connectivity index (χ1n) is 7.63. The molecule has 1 amide bonds. The van der Waals surface area contributed by atoms with Crippen molar-refractivity contribution in [3.05, 3.63) is 64.9 Å². The van der Waals surface area contributed by atoms with Gasteiger partial charge in [0.15, 0.2) is 0 Å². The Balaban J connectivity index is 1.72. The molecule has 0 aliphatic carbocycles. The summed E-state index contributed by atoms with van der Waals surface area (Å²) in [6, 6.07) is 11.9. The van der Waals surface area contributed by atoms with Crippen molar-refractivity contribution in [1.82, 2.24) is 10.0 Å². The maximum absolute atomic E-state index is 12.8. The molecule has 0 aromatic heterocycles. The molecule has 0 aliphatic heterocycles. The van der Waals surface area contributed by atoms with Crippen LogP contribution in [-0.4, -0.2) is 27.4 Å². The lowest BCUT2D eigenvalue weighted by Gasteiger charge is -2.08. The van der Waals surface area contributed by atoms with Crippen LogP contribution in [-0.2, 0) is 21.2 Å². The average molecular weight is 385 g/mol. The van der Waals surface area contributed by atoms with Crippen LogP contribution < -0.4 is 10.0 Å². The van der Waals surface area contributed by atoms with Gasteiger partial charge in [0.25, 0.3) is 0 Å². The number of carbonyl (C=O) groups is 1. The van der Waals surface area contributed by atoms with Gasteiger partial charge < -0.3 is 5.32 Å². The van der Waals surface area contributed by atoms with Crippen molar-refractivity contribution in [2.45, 2.75) is 17.7 Å². The third-order valence-corrected chi connectivity index (χ3v) is 5.09. The molecule has 134 valence electrons. The van der Waals surface area contributed by atoms with Crippen LogP contribution in [0.5, 0.6) is 0 Å². The molecule has 0 atom stereocenters. The van der Waals surface area contributed by atoms with E-state index in [0.717, 1.165) is 5.56 Å². The number of amides is 1. The number of sulfonamides is 1. The fraction of sp³-hybridized carbons (Fsp3) is 0.235. The summed E-state index contributed by atoms with van der Waals surface area (Å²) in [4.78, 5) is 11.8. The van der Waals surface area contributed by atoms with Crippen LogP contribution in [0, 0.1) is 5.82 Å². The predicted molar refractivity (Wildman–Crippen MR) is 94.4 cm³/mol. The number of benzene rings is 2. The van der Waals surface area contributed by atoms with E-state index in [2.05, 4.69) is 10.0 Å². The Morgan fingerprint density at radius 2 is 1.80 bits per heavy atom. The van der Waals surface area contributed by atoms with E-state index in [0.29, 0.717) is 18.0 Å². The average Bonchev–Trinajstić information content (AvgIpc) is 2.56. The molecule has 0 radical (unpaired) electrons. The molecular formula is C17H18ClFN2O3S. The van der Waals surface area contributed by atoms with Crippen LogP contribution in [0.25, 0.3) is 0 Å². The minimum absolute atomic E-state index is 0.0166. The molecular weight excluding hydrogens is 367 g/mol. The van der Waals surface area contributed by atoms with Gasteiger partial charge in [0.2, 0.25) is 15.9 Å². The summed E-state index contributed by atoms with van der Waals surface area (Å²) in [6.07, 6.45) is 0.587. The number of nitrogens with one attached hydrogen (secondary N) is 2. The molecule has 2 aromatic carbocycles. The van der Waals surface area contributed by atoms with Gasteiger partial charge in [-0.25, -0.2) is 17.5 Å². The summed E-state index contributed by atoms with van der Waals surface area (Å²) in [5, 5.41) is 3.01. The third-order valence-electron chi connectivity index (χ3n) is 3.40. The van der Waals surface area contributed by atoms with E-state index in [4.69, 9.17) is 11.6 Å². The van der Waals surface area contributed by atoms with Crippen LogP contribution in [0.1, 0.15) is 12.0 Å².